The minimum Gasteiger partial charge on any atom is -0.464 e. The van der Waals surface area contributed by atoms with Gasteiger partial charge >= 0.3 is 5.97 Å². The zero-order valence-corrected chi connectivity index (χ0v) is 36.6. The van der Waals surface area contributed by atoms with E-state index >= 15 is 0 Å². The number of esters is 1. The Morgan fingerprint density at radius 2 is 1.98 bits per heavy atom. The fourth-order valence-corrected chi connectivity index (χ4v) is 9.55. The van der Waals surface area contributed by atoms with Crippen LogP contribution in [-0.2, 0) is 43.2 Å². The smallest absolute Gasteiger partial charge is 0.324 e. The maximum Gasteiger partial charge on any atom is 0.324 e. The number of aryl methyl sites for hydroxylation is 1. The lowest BCUT2D eigenvalue weighted by Gasteiger charge is -2.36. The highest BCUT2D eigenvalue weighted by atomic mass is 32.1. The van der Waals surface area contributed by atoms with Gasteiger partial charge in [-0.15, -0.1) is 11.3 Å². The van der Waals surface area contributed by atoms with Crippen molar-refractivity contribution in [3.8, 4) is 22.5 Å². The van der Waals surface area contributed by atoms with E-state index < -0.39 is 29.5 Å². The Labute approximate surface area is 351 Å². The van der Waals surface area contributed by atoms with Gasteiger partial charge in [-0.2, -0.15) is 0 Å². The summed E-state index contributed by atoms with van der Waals surface area (Å²) in [6.45, 7) is 15.4. The van der Waals surface area contributed by atoms with Gasteiger partial charge in [0.1, 0.15) is 12.1 Å². The molecule has 3 aliphatic heterocycles. The van der Waals surface area contributed by atoms with Gasteiger partial charge in [0.05, 0.1) is 40.8 Å². The van der Waals surface area contributed by atoms with Gasteiger partial charge in [0.25, 0.3) is 5.91 Å². The molecule has 1 unspecified atom stereocenters. The van der Waals surface area contributed by atoms with Crippen LogP contribution in [0.25, 0.3) is 39.0 Å². The fraction of sp³-hybridized carbons (Fsp3) is 0.533. The second-order valence-corrected chi connectivity index (χ2v) is 18.1. The number of hydrogen-bond donors (Lipinski definition) is 4. The summed E-state index contributed by atoms with van der Waals surface area (Å²) in [6, 6.07) is 6.70. The predicted molar refractivity (Wildman–Crippen MR) is 232 cm³/mol. The van der Waals surface area contributed by atoms with Crippen molar-refractivity contribution in [1.82, 2.24) is 40.9 Å². The van der Waals surface area contributed by atoms with Crippen LogP contribution in [-0.4, -0.2) is 95.9 Å². The molecular weight excluding hydrogens is 765 g/mol. The number of hydrazine groups is 1. The van der Waals surface area contributed by atoms with Crippen molar-refractivity contribution < 1.29 is 23.9 Å². The molecule has 3 aromatic heterocycles. The SMILES string of the molecule is CCn1c(-c2cc(C3=CCNCC3)cnc2[C@H](C)OC)c2c3cc(ccc31)-c1csc(n1)C[C@H](NC(=O)C(NC)C(C)C)C(=O)N1CCC[C@H](N1)C(=O)OCC(C)(C)C2. The molecular formula is C45H60N8O5S. The van der Waals surface area contributed by atoms with E-state index in [0.29, 0.717) is 25.8 Å². The number of benzene rings is 1. The first kappa shape index (κ1) is 42.6. The number of likely N-dealkylation sites (N-methyl/N-ethyl adjacent to an activating group) is 1. The first-order valence-electron chi connectivity index (χ1n) is 21.1. The van der Waals surface area contributed by atoms with Crippen molar-refractivity contribution >= 4 is 45.6 Å². The largest absolute Gasteiger partial charge is 0.464 e. The van der Waals surface area contributed by atoms with Gasteiger partial charge in [0.15, 0.2) is 0 Å². The van der Waals surface area contributed by atoms with E-state index in [-0.39, 0.29) is 36.9 Å². The van der Waals surface area contributed by atoms with Crippen LogP contribution in [0.5, 0.6) is 0 Å². The topological polar surface area (TPSA) is 152 Å². The summed E-state index contributed by atoms with van der Waals surface area (Å²) in [5.41, 5.74) is 12.0. The van der Waals surface area contributed by atoms with E-state index in [1.165, 1.54) is 21.9 Å². The number of rotatable bonds is 9. The minimum absolute atomic E-state index is 0.00203. The summed E-state index contributed by atoms with van der Waals surface area (Å²) in [7, 11) is 3.46. The van der Waals surface area contributed by atoms with E-state index in [2.05, 4.69) is 77.1 Å². The highest BCUT2D eigenvalue weighted by Crippen LogP contribution is 2.43. The molecule has 1 fully saturated rings. The van der Waals surface area contributed by atoms with Crippen molar-refractivity contribution in [2.75, 3.05) is 40.4 Å². The number of nitrogens with zero attached hydrogens (tertiary/aromatic N) is 4. The van der Waals surface area contributed by atoms with Gasteiger partial charge in [-0.05, 0) is 93.9 Å². The summed E-state index contributed by atoms with van der Waals surface area (Å²) in [5, 5.41) is 14.9. The van der Waals surface area contributed by atoms with Crippen LogP contribution in [0.1, 0.15) is 88.7 Å². The molecule has 13 nitrogen and oxygen atoms in total. The van der Waals surface area contributed by atoms with Crippen LogP contribution in [0.3, 0.4) is 0 Å². The Balaban J connectivity index is 1.39. The molecule has 59 heavy (non-hydrogen) atoms. The van der Waals surface area contributed by atoms with Gasteiger partial charge in [0, 0.05) is 72.2 Å². The number of cyclic esters (lactones) is 1. The summed E-state index contributed by atoms with van der Waals surface area (Å²) in [5.74, 6) is -0.981. The molecule has 0 spiro atoms. The number of aromatic nitrogens is 3. The van der Waals surface area contributed by atoms with Crippen LogP contribution in [0, 0.1) is 11.3 Å². The van der Waals surface area contributed by atoms with Crippen LogP contribution < -0.4 is 21.4 Å². The maximum atomic E-state index is 14.2. The quantitative estimate of drug-likeness (QED) is 0.152. The summed E-state index contributed by atoms with van der Waals surface area (Å²) >= 11 is 1.47. The van der Waals surface area contributed by atoms with Crippen LogP contribution >= 0.6 is 11.3 Å². The fourth-order valence-electron chi connectivity index (χ4n) is 8.70. The number of methoxy groups -OCH3 is 1. The number of thiazole rings is 1. The Kier molecular flexibility index (Phi) is 13.0. The van der Waals surface area contributed by atoms with Gasteiger partial charge < -0.3 is 30.0 Å². The lowest BCUT2D eigenvalue weighted by Crippen LogP contribution is -2.61. The van der Waals surface area contributed by atoms with Crippen molar-refractivity contribution in [1.29, 1.82) is 0 Å². The zero-order valence-electron chi connectivity index (χ0n) is 35.7. The van der Waals surface area contributed by atoms with E-state index in [9.17, 15) is 14.4 Å². The molecule has 316 valence electrons. The normalized spacial score (nSPS) is 21.2. The monoisotopic (exact) mass is 824 g/mol. The molecule has 0 aliphatic carbocycles. The number of amides is 2. The Bertz CT molecular complexity index is 2230. The lowest BCUT2D eigenvalue weighted by atomic mass is 9.84. The number of hydrogen-bond acceptors (Lipinski definition) is 11. The molecule has 6 bridgehead atoms. The maximum absolute atomic E-state index is 14.2. The number of pyridine rings is 1. The summed E-state index contributed by atoms with van der Waals surface area (Å²) in [4.78, 5) is 51.8. The minimum atomic E-state index is -0.903. The second kappa shape index (κ2) is 18.0. The molecule has 0 radical (unpaired) electrons. The summed E-state index contributed by atoms with van der Waals surface area (Å²) < 4.78 is 14.5. The first-order valence-corrected chi connectivity index (χ1v) is 21.9. The first-order chi connectivity index (χ1) is 28.3. The number of ether oxygens (including phenoxy) is 2. The molecule has 4 N–H and O–H groups in total. The molecule has 4 aromatic rings. The van der Waals surface area contributed by atoms with E-state index in [0.717, 1.165) is 81.3 Å². The average molecular weight is 825 g/mol. The van der Waals surface area contributed by atoms with Crippen LogP contribution in [0.15, 0.2) is 41.9 Å². The van der Waals surface area contributed by atoms with Crippen LogP contribution in [0.4, 0.5) is 0 Å². The summed E-state index contributed by atoms with van der Waals surface area (Å²) in [6.07, 6.45) is 6.84. The molecule has 0 saturated carbocycles. The third kappa shape index (κ3) is 9.02. The molecule has 1 aromatic carbocycles. The number of fused-ring (bicyclic) bond motifs is 6. The van der Waals surface area contributed by atoms with Gasteiger partial charge in [-0.3, -0.25) is 24.4 Å². The zero-order chi connectivity index (χ0) is 42.0. The van der Waals surface area contributed by atoms with Crippen LogP contribution in [0.2, 0.25) is 0 Å². The Morgan fingerprint density at radius 3 is 2.69 bits per heavy atom. The van der Waals surface area contributed by atoms with E-state index in [1.54, 1.807) is 14.2 Å². The Morgan fingerprint density at radius 1 is 1.17 bits per heavy atom. The standard InChI is InChI=1S/C45H60N8O5S/c1-9-52-37-13-12-29-19-31(37)33(41(52)32-20-30(28-14-16-47-17-15-28)23-48-40(32)27(4)57-8)22-45(5,6)25-58-44(56)34-11-10-18-53(51-34)43(55)35(21-38-49-36(29)24-59-38)50-42(54)39(46-7)26(2)3/h12-14,19-20,23-24,26-27,34-35,39,46-47,51H,9-11,15-18,21-22,25H2,1-8H3,(H,50,54)/t27-,34-,35-,39?/m0/s1. The third-order valence-electron chi connectivity index (χ3n) is 11.9. The molecule has 3 aliphatic rings. The van der Waals surface area contributed by atoms with E-state index in [1.807, 2.05) is 32.3 Å². The molecule has 7 rings (SSSR count). The van der Waals surface area contributed by atoms with Gasteiger partial charge in [0.2, 0.25) is 5.91 Å². The predicted octanol–water partition coefficient (Wildman–Crippen LogP) is 5.82. The van der Waals surface area contributed by atoms with Gasteiger partial charge in [-0.25, -0.2) is 10.4 Å². The van der Waals surface area contributed by atoms with Crippen molar-refractivity contribution in [2.24, 2.45) is 11.3 Å². The van der Waals surface area contributed by atoms with Crippen molar-refractivity contribution in [3.05, 3.63) is 63.7 Å². The second-order valence-electron chi connectivity index (χ2n) is 17.2. The number of carbonyl (C=O) groups is 3. The molecule has 4 atom stereocenters. The van der Waals surface area contributed by atoms with Crippen molar-refractivity contribution in [3.63, 3.8) is 0 Å². The average Bonchev–Trinajstić information content (AvgIpc) is 3.83. The molecule has 6 heterocycles. The molecule has 2 amide bonds. The lowest BCUT2D eigenvalue weighted by molar-refractivity contribution is -0.155. The Hall–Kier alpha value is -4.47. The van der Waals surface area contributed by atoms with Crippen molar-refractivity contribution in [2.45, 2.75) is 104 Å². The van der Waals surface area contributed by atoms with Gasteiger partial charge in [-0.1, -0.05) is 39.8 Å². The highest BCUT2D eigenvalue weighted by Gasteiger charge is 2.36. The molecule has 14 heteroatoms. The van der Waals surface area contributed by atoms with E-state index in [4.69, 9.17) is 19.4 Å². The molecule has 1 saturated heterocycles. The number of carbonyl (C=O) groups excluding carboxylic acids is 3. The highest BCUT2D eigenvalue weighted by molar-refractivity contribution is 7.10. The number of nitrogens with one attached hydrogen (secondary N) is 4. The third-order valence-corrected chi connectivity index (χ3v) is 12.8.